The Morgan fingerprint density at radius 2 is 2.04 bits per heavy atom. The third-order valence-corrected chi connectivity index (χ3v) is 8.17. The topological polar surface area (TPSA) is 73.8 Å². The molecular weight excluding hydrogens is 404 g/mol. The highest BCUT2D eigenvalue weighted by Gasteiger charge is 2.44. The molecule has 2 N–H and O–H groups in total. The van der Waals surface area contributed by atoms with E-state index in [2.05, 4.69) is 21.7 Å². The predicted molar refractivity (Wildman–Crippen MR) is 114 cm³/mol. The highest BCUT2D eigenvalue weighted by molar-refractivity contribution is 7.99. The molecule has 1 aliphatic carbocycles. The molecule has 1 saturated heterocycles. The number of hydrogen-bond acceptors (Lipinski definition) is 4. The normalized spacial score (nSPS) is 20.3. The van der Waals surface area contributed by atoms with Crippen LogP contribution < -0.4 is 10.6 Å². The minimum atomic E-state index is -3.21. The molecule has 0 unspecified atom stereocenters. The van der Waals surface area contributed by atoms with E-state index in [4.69, 9.17) is 11.6 Å². The lowest BCUT2D eigenvalue weighted by Gasteiger charge is -2.25. The zero-order chi connectivity index (χ0) is 19.3. The fourth-order valence-corrected chi connectivity index (χ4v) is 5.94. The van der Waals surface area contributed by atoms with E-state index in [1.54, 1.807) is 23.1 Å². The number of rotatable bonds is 7. The molecule has 9 heteroatoms. The Hall–Kier alpha value is -0.960. The molecule has 2 fully saturated rings. The number of guanidine groups is 1. The van der Waals surface area contributed by atoms with Crippen molar-refractivity contribution in [2.24, 2.45) is 4.99 Å². The Morgan fingerprint density at radius 3 is 2.67 bits per heavy atom. The van der Waals surface area contributed by atoms with Gasteiger partial charge in [-0.1, -0.05) is 23.7 Å². The Labute approximate surface area is 171 Å². The van der Waals surface area contributed by atoms with E-state index >= 15 is 0 Å². The van der Waals surface area contributed by atoms with Gasteiger partial charge < -0.3 is 10.6 Å². The van der Waals surface area contributed by atoms with Gasteiger partial charge in [-0.25, -0.2) is 12.7 Å². The van der Waals surface area contributed by atoms with Gasteiger partial charge in [0.2, 0.25) is 10.0 Å². The van der Waals surface area contributed by atoms with Crippen molar-refractivity contribution in [1.29, 1.82) is 0 Å². The number of benzene rings is 1. The minimum absolute atomic E-state index is 0.0812. The average Bonchev–Trinajstić information content (AvgIpc) is 3.46. The van der Waals surface area contributed by atoms with Crippen molar-refractivity contribution in [3.8, 4) is 0 Å². The third kappa shape index (κ3) is 5.53. The first-order valence-corrected chi connectivity index (χ1v) is 12.4. The number of sulfonamides is 1. The number of hydrogen-bond donors (Lipinski definition) is 2. The van der Waals surface area contributed by atoms with Gasteiger partial charge in [-0.2, -0.15) is 11.8 Å². The lowest BCUT2D eigenvalue weighted by molar-refractivity contribution is 0.443. The summed E-state index contributed by atoms with van der Waals surface area (Å²) in [5.41, 5.74) is 1.34. The van der Waals surface area contributed by atoms with E-state index in [9.17, 15) is 8.42 Å². The lowest BCUT2D eigenvalue weighted by Crippen LogP contribution is -2.45. The van der Waals surface area contributed by atoms with Crippen LogP contribution in [0.2, 0.25) is 5.02 Å². The average molecular weight is 431 g/mol. The minimum Gasteiger partial charge on any atom is -0.356 e. The summed E-state index contributed by atoms with van der Waals surface area (Å²) in [5, 5.41) is 7.22. The summed E-state index contributed by atoms with van der Waals surface area (Å²) in [6.07, 6.45) is 2.22. The van der Waals surface area contributed by atoms with Gasteiger partial charge in [0, 0.05) is 55.2 Å². The quantitative estimate of drug-likeness (QED) is 0.510. The van der Waals surface area contributed by atoms with Crippen molar-refractivity contribution >= 4 is 39.3 Å². The van der Waals surface area contributed by atoms with Crippen LogP contribution in [0.5, 0.6) is 0 Å². The first kappa shape index (κ1) is 20.8. The molecule has 150 valence electrons. The molecule has 0 amide bonds. The van der Waals surface area contributed by atoms with E-state index in [0.717, 1.165) is 35.9 Å². The van der Waals surface area contributed by atoms with Crippen molar-refractivity contribution < 1.29 is 8.42 Å². The van der Waals surface area contributed by atoms with Crippen LogP contribution in [-0.4, -0.2) is 69.2 Å². The second-order valence-corrected chi connectivity index (χ2v) is 10.7. The van der Waals surface area contributed by atoms with Gasteiger partial charge in [0.15, 0.2) is 5.96 Å². The molecule has 1 aromatic carbocycles. The molecule has 0 radical (unpaired) electrons. The Bertz CT molecular complexity index is 775. The number of nitrogens with one attached hydrogen (secondary N) is 2. The molecule has 27 heavy (non-hydrogen) atoms. The van der Waals surface area contributed by atoms with Gasteiger partial charge in [0.1, 0.15) is 0 Å². The van der Waals surface area contributed by atoms with E-state index in [0.29, 0.717) is 25.6 Å². The summed E-state index contributed by atoms with van der Waals surface area (Å²) >= 11 is 7.93. The second-order valence-electron chi connectivity index (χ2n) is 6.97. The van der Waals surface area contributed by atoms with E-state index in [-0.39, 0.29) is 11.2 Å². The van der Waals surface area contributed by atoms with E-state index in [1.807, 2.05) is 18.2 Å². The van der Waals surface area contributed by atoms with Crippen LogP contribution >= 0.6 is 23.4 Å². The van der Waals surface area contributed by atoms with Gasteiger partial charge in [-0.05, 0) is 30.5 Å². The number of halogens is 1. The first-order chi connectivity index (χ1) is 13.0. The summed E-state index contributed by atoms with van der Waals surface area (Å²) in [5.74, 6) is 2.47. The largest absolute Gasteiger partial charge is 0.356 e. The van der Waals surface area contributed by atoms with Crippen LogP contribution in [0.3, 0.4) is 0 Å². The summed E-state index contributed by atoms with van der Waals surface area (Å²) < 4.78 is 26.4. The van der Waals surface area contributed by atoms with Crippen molar-refractivity contribution in [3.05, 3.63) is 34.9 Å². The van der Waals surface area contributed by atoms with Gasteiger partial charge in [0.25, 0.3) is 0 Å². The van der Waals surface area contributed by atoms with Crippen LogP contribution in [0.4, 0.5) is 0 Å². The van der Waals surface area contributed by atoms with Crippen LogP contribution in [0.15, 0.2) is 29.3 Å². The Kier molecular flexibility index (Phi) is 6.94. The fourth-order valence-electron chi connectivity index (χ4n) is 3.26. The molecule has 0 spiro atoms. The molecule has 0 bridgehead atoms. The van der Waals surface area contributed by atoms with E-state index < -0.39 is 10.0 Å². The zero-order valence-electron chi connectivity index (χ0n) is 15.6. The number of thioether (sulfide) groups is 1. The molecule has 1 heterocycles. The van der Waals surface area contributed by atoms with Crippen LogP contribution in [0.1, 0.15) is 18.4 Å². The highest BCUT2D eigenvalue weighted by atomic mass is 35.5. The molecule has 3 rings (SSSR count). The summed E-state index contributed by atoms with van der Waals surface area (Å²) in [6.45, 7) is 2.32. The molecule has 2 aliphatic rings. The molecule has 0 aromatic heterocycles. The zero-order valence-corrected chi connectivity index (χ0v) is 18.0. The van der Waals surface area contributed by atoms with Gasteiger partial charge >= 0.3 is 0 Å². The SMILES string of the molecule is CN=C(NCCS(=O)(=O)N1CCSCC1)NCC1(c2cccc(Cl)c2)CC1. The fraction of sp³-hybridized carbons (Fsp3) is 0.611. The lowest BCUT2D eigenvalue weighted by atomic mass is 9.96. The highest BCUT2D eigenvalue weighted by Crippen LogP contribution is 2.48. The first-order valence-electron chi connectivity index (χ1n) is 9.21. The van der Waals surface area contributed by atoms with Gasteiger partial charge in [-0.15, -0.1) is 0 Å². The van der Waals surface area contributed by atoms with Crippen LogP contribution in [0.25, 0.3) is 0 Å². The van der Waals surface area contributed by atoms with E-state index in [1.165, 1.54) is 5.56 Å². The number of aliphatic imine (C=N–C) groups is 1. The standard InChI is InChI=1S/C18H27ClN4O2S2/c1-20-17(21-7-12-27(24,25)23-8-10-26-11-9-23)22-14-18(5-6-18)15-3-2-4-16(19)13-15/h2-4,13H,5-12,14H2,1H3,(H2,20,21,22). The molecular formula is C18H27ClN4O2S2. The van der Waals surface area contributed by atoms with Crippen molar-refractivity contribution in [2.45, 2.75) is 18.3 Å². The van der Waals surface area contributed by atoms with Crippen LogP contribution in [-0.2, 0) is 15.4 Å². The van der Waals surface area contributed by atoms with Crippen molar-refractivity contribution in [1.82, 2.24) is 14.9 Å². The molecule has 6 nitrogen and oxygen atoms in total. The maximum absolute atomic E-state index is 12.4. The molecule has 0 atom stereocenters. The predicted octanol–water partition coefficient (Wildman–Crippen LogP) is 1.92. The van der Waals surface area contributed by atoms with Crippen molar-refractivity contribution in [2.75, 3.05) is 50.5 Å². The maximum Gasteiger partial charge on any atom is 0.215 e. The Balaban J connectivity index is 1.47. The molecule has 1 aliphatic heterocycles. The molecule has 1 saturated carbocycles. The summed E-state index contributed by atoms with van der Waals surface area (Å²) in [7, 11) is -1.51. The van der Waals surface area contributed by atoms with Crippen LogP contribution in [0, 0.1) is 0 Å². The van der Waals surface area contributed by atoms with Crippen molar-refractivity contribution in [3.63, 3.8) is 0 Å². The smallest absolute Gasteiger partial charge is 0.215 e. The van der Waals surface area contributed by atoms with Gasteiger partial charge in [0.05, 0.1) is 5.75 Å². The van der Waals surface area contributed by atoms with Gasteiger partial charge in [-0.3, -0.25) is 4.99 Å². The maximum atomic E-state index is 12.4. The third-order valence-electron chi connectivity index (χ3n) is 5.12. The second kappa shape index (κ2) is 9.03. The monoisotopic (exact) mass is 430 g/mol. The summed E-state index contributed by atoms with van der Waals surface area (Å²) in [6, 6.07) is 8.00. The summed E-state index contributed by atoms with van der Waals surface area (Å²) in [4.78, 5) is 4.22. The molecule has 1 aromatic rings. The number of nitrogens with zero attached hydrogens (tertiary/aromatic N) is 2. The Morgan fingerprint density at radius 1 is 1.30 bits per heavy atom.